The van der Waals surface area contributed by atoms with E-state index in [9.17, 15) is 0 Å². The molecule has 0 unspecified atom stereocenters. The van der Waals surface area contributed by atoms with Crippen molar-refractivity contribution in [3.8, 4) is 11.5 Å². The first kappa shape index (κ1) is 14.5. The van der Waals surface area contributed by atoms with E-state index in [-0.39, 0.29) is 0 Å². The van der Waals surface area contributed by atoms with Gasteiger partial charge in [0.15, 0.2) is 11.5 Å². The molecule has 106 valence electrons. The van der Waals surface area contributed by atoms with Crippen molar-refractivity contribution in [3.63, 3.8) is 0 Å². The molecule has 0 aliphatic carbocycles. The fourth-order valence-electron chi connectivity index (χ4n) is 2.63. The normalized spacial score (nSPS) is 15.7. The Balaban J connectivity index is 1.94. The van der Waals surface area contributed by atoms with Crippen molar-refractivity contribution in [2.45, 2.75) is 25.7 Å². The summed E-state index contributed by atoms with van der Waals surface area (Å²) >= 11 is 6.20. The van der Waals surface area contributed by atoms with Gasteiger partial charge in [0.05, 0.1) is 19.2 Å². The monoisotopic (exact) mass is 283 g/mol. The number of rotatable bonds is 6. The van der Waals surface area contributed by atoms with Gasteiger partial charge in [-0.25, -0.2) is 0 Å². The minimum atomic E-state index is 0.618. The zero-order valence-corrected chi connectivity index (χ0v) is 12.5. The van der Waals surface area contributed by atoms with E-state index in [0.29, 0.717) is 16.5 Å². The van der Waals surface area contributed by atoms with Crippen LogP contribution in [0, 0.1) is 0 Å². The molecule has 0 radical (unpaired) electrons. The maximum atomic E-state index is 6.20. The summed E-state index contributed by atoms with van der Waals surface area (Å²) in [7, 11) is 3.25. The summed E-state index contributed by atoms with van der Waals surface area (Å²) in [4.78, 5) is 2.53. The van der Waals surface area contributed by atoms with Crippen molar-refractivity contribution < 1.29 is 9.47 Å². The van der Waals surface area contributed by atoms with E-state index in [2.05, 4.69) is 4.90 Å². The molecule has 1 fully saturated rings. The van der Waals surface area contributed by atoms with E-state index in [1.54, 1.807) is 14.2 Å². The number of aryl methyl sites for hydroxylation is 1. The van der Waals surface area contributed by atoms with Crippen molar-refractivity contribution in [3.05, 3.63) is 22.7 Å². The number of halogens is 1. The predicted molar refractivity (Wildman–Crippen MR) is 78.6 cm³/mol. The molecular weight excluding hydrogens is 262 g/mol. The van der Waals surface area contributed by atoms with Gasteiger partial charge < -0.3 is 14.4 Å². The quantitative estimate of drug-likeness (QED) is 0.799. The average Bonchev–Trinajstić information content (AvgIpc) is 2.91. The van der Waals surface area contributed by atoms with Gasteiger partial charge in [0.25, 0.3) is 0 Å². The van der Waals surface area contributed by atoms with E-state index < -0.39 is 0 Å². The first-order valence-corrected chi connectivity index (χ1v) is 7.25. The third kappa shape index (κ3) is 3.77. The van der Waals surface area contributed by atoms with E-state index >= 15 is 0 Å². The van der Waals surface area contributed by atoms with Gasteiger partial charge in [0, 0.05) is 0 Å². The Kier molecular flexibility index (Phi) is 5.34. The molecule has 1 saturated heterocycles. The highest BCUT2D eigenvalue weighted by Crippen LogP contribution is 2.36. The van der Waals surface area contributed by atoms with E-state index in [1.165, 1.54) is 38.0 Å². The standard InChI is InChI=1S/C15H22ClNO2/c1-18-14-11-12(10-13(16)15(14)19-2)6-5-9-17-7-3-4-8-17/h10-11H,3-9H2,1-2H3. The van der Waals surface area contributed by atoms with Gasteiger partial charge >= 0.3 is 0 Å². The van der Waals surface area contributed by atoms with Crippen LogP contribution in [0.25, 0.3) is 0 Å². The van der Waals surface area contributed by atoms with Crippen LogP contribution in [0.4, 0.5) is 0 Å². The fourth-order valence-corrected chi connectivity index (χ4v) is 2.94. The summed E-state index contributed by atoms with van der Waals surface area (Å²) in [5.41, 5.74) is 1.21. The molecule has 0 saturated carbocycles. The number of nitrogens with zero attached hydrogens (tertiary/aromatic N) is 1. The van der Waals surface area contributed by atoms with Crippen LogP contribution in [0.2, 0.25) is 5.02 Å². The topological polar surface area (TPSA) is 21.7 Å². The van der Waals surface area contributed by atoms with Crippen LogP contribution in [-0.2, 0) is 6.42 Å². The van der Waals surface area contributed by atoms with Gasteiger partial charge in [-0.2, -0.15) is 0 Å². The predicted octanol–water partition coefficient (Wildman–Crippen LogP) is 3.39. The summed E-state index contributed by atoms with van der Waals surface area (Å²) < 4.78 is 10.6. The fraction of sp³-hybridized carbons (Fsp3) is 0.600. The number of benzene rings is 1. The molecular formula is C15H22ClNO2. The second-order valence-electron chi connectivity index (χ2n) is 4.97. The van der Waals surface area contributed by atoms with Gasteiger partial charge in [-0.15, -0.1) is 0 Å². The number of ether oxygens (including phenoxy) is 2. The van der Waals surface area contributed by atoms with Crippen LogP contribution in [0.3, 0.4) is 0 Å². The number of methoxy groups -OCH3 is 2. The lowest BCUT2D eigenvalue weighted by molar-refractivity contribution is 0.333. The van der Waals surface area contributed by atoms with Crippen LogP contribution < -0.4 is 9.47 Å². The third-order valence-corrected chi connectivity index (χ3v) is 3.91. The molecule has 0 atom stereocenters. The second kappa shape index (κ2) is 7.01. The molecule has 0 bridgehead atoms. The van der Waals surface area contributed by atoms with Crippen molar-refractivity contribution in [2.75, 3.05) is 33.9 Å². The lowest BCUT2D eigenvalue weighted by Gasteiger charge is -2.15. The lowest BCUT2D eigenvalue weighted by atomic mass is 10.1. The zero-order valence-electron chi connectivity index (χ0n) is 11.7. The maximum Gasteiger partial charge on any atom is 0.179 e. The zero-order chi connectivity index (χ0) is 13.7. The number of hydrogen-bond donors (Lipinski definition) is 0. The highest BCUT2D eigenvalue weighted by atomic mass is 35.5. The van der Waals surface area contributed by atoms with E-state index in [1.807, 2.05) is 12.1 Å². The Morgan fingerprint density at radius 3 is 2.53 bits per heavy atom. The van der Waals surface area contributed by atoms with E-state index in [4.69, 9.17) is 21.1 Å². The molecule has 2 rings (SSSR count). The second-order valence-corrected chi connectivity index (χ2v) is 5.37. The van der Waals surface area contributed by atoms with Gasteiger partial charge in [-0.05, 0) is 63.0 Å². The Bertz CT molecular complexity index is 417. The van der Waals surface area contributed by atoms with E-state index in [0.717, 1.165) is 12.8 Å². The number of likely N-dealkylation sites (tertiary alicyclic amines) is 1. The summed E-state index contributed by atoms with van der Waals surface area (Å²) in [5, 5.41) is 0.623. The molecule has 19 heavy (non-hydrogen) atoms. The molecule has 0 aromatic heterocycles. The van der Waals surface area contributed by atoms with Gasteiger partial charge in [0.1, 0.15) is 0 Å². The van der Waals surface area contributed by atoms with Crippen molar-refractivity contribution >= 4 is 11.6 Å². The average molecular weight is 284 g/mol. The van der Waals surface area contributed by atoms with Crippen LogP contribution in [0.5, 0.6) is 11.5 Å². The minimum absolute atomic E-state index is 0.618. The molecule has 0 spiro atoms. The highest BCUT2D eigenvalue weighted by Gasteiger charge is 2.13. The van der Waals surface area contributed by atoms with Gasteiger partial charge in [-0.1, -0.05) is 11.6 Å². The van der Waals surface area contributed by atoms with Crippen molar-refractivity contribution in [2.24, 2.45) is 0 Å². The Labute approximate surface area is 120 Å². The smallest absolute Gasteiger partial charge is 0.179 e. The molecule has 1 heterocycles. The molecule has 4 heteroatoms. The first-order chi connectivity index (χ1) is 9.24. The van der Waals surface area contributed by atoms with Gasteiger partial charge in [-0.3, -0.25) is 0 Å². The summed E-state index contributed by atoms with van der Waals surface area (Å²) in [6, 6.07) is 4.00. The molecule has 0 N–H and O–H groups in total. The Hall–Kier alpha value is -0.930. The third-order valence-electron chi connectivity index (χ3n) is 3.63. The molecule has 1 aliphatic heterocycles. The van der Waals surface area contributed by atoms with Crippen LogP contribution in [0.1, 0.15) is 24.8 Å². The summed E-state index contributed by atoms with van der Waals surface area (Å²) in [6.45, 7) is 3.69. The Morgan fingerprint density at radius 2 is 1.89 bits per heavy atom. The molecule has 1 aliphatic rings. The van der Waals surface area contributed by atoms with Crippen molar-refractivity contribution in [1.29, 1.82) is 0 Å². The molecule has 1 aromatic rings. The van der Waals surface area contributed by atoms with Gasteiger partial charge in [0.2, 0.25) is 0 Å². The maximum absolute atomic E-state index is 6.20. The molecule has 1 aromatic carbocycles. The Morgan fingerprint density at radius 1 is 1.16 bits per heavy atom. The summed E-state index contributed by atoms with van der Waals surface area (Å²) in [6.07, 6.45) is 4.88. The van der Waals surface area contributed by atoms with Crippen LogP contribution in [0.15, 0.2) is 12.1 Å². The highest BCUT2D eigenvalue weighted by molar-refractivity contribution is 6.32. The SMILES string of the molecule is COc1cc(CCCN2CCCC2)cc(Cl)c1OC. The van der Waals surface area contributed by atoms with Crippen LogP contribution in [-0.4, -0.2) is 38.8 Å². The molecule has 3 nitrogen and oxygen atoms in total. The lowest BCUT2D eigenvalue weighted by Crippen LogP contribution is -2.20. The minimum Gasteiger partial charge on any atom is -0.493 e. The first-order valence-electron chi connectivity index (χ1n) is 6.87. The largest absolute Gasteiger partial charge is 0.493 e. The summed E-state index contributed by atoms with van der Waals surface area (Å²) in [5.74, 6) is 1.33. The van der Waals surface area contributed by atoms with Crippen molar-refractivity contribution in [1.82, 2.24) is 4.90 Å². The number of hydrogen-bond acceptors (Lipinski definition) is 3. The van der Waals surface area contributed by atoms with Crippen LogP contribution >= 0.6 is 11.6 Å². The molecule has 0 amide bonds.